The highest BCUT2D eigenvalue weighted by molar-refractivity contribution is 5.94. The average Bonchev–Trinajstić information content (AvgIpc) is 3.37. The van der Waals surface area contributed by atoms with Crippen LogP contribution in [0.1, 0.15) is 40.9 Å². The molecule has 3 heterocycles. The van der Waals surface area contributed by atoms with Crippen molar-refractivity contribution in [2.24, 2.45) is 0 Å². The zero-order valence-electron chi connectivity index (χ0n) is 17.0. The van der Waals surface area contributed by atoms with E-state index in [1.807, 2.05) is 42.2 Å². The minimum Gasteiger partial charge on any atom is -0.386 e. The molecule has 2 saturated heterocycles. The summed E-state index contributed by atoms with van der Waals surface area (Å²) < 4.78 is 0. The van der Waals surface area contributed by atoms with Gasteiger partial charge in [0.25, 0.3) is 5.91 Å². The van der Waals surface area contributed by atoms with E-state index in [1.54, 1.807) is 0 Å². The summed E-state index contributed by atoms with van der Waals surface area (Å²) in [6, 6.07) is 9.70. The minimum absolute atomic E-state index is 0.150. The highest BCUT2D eigenvalue weighted by Crippen LogP contribution is 2.25. The number of likely N-dealkylation sites (tertiary alicyclic amines) is 1. The molecule has 1 amide bonds. The molecule has 0 radical (unpaired) electrons. The molecule has 1 aromatic carbocycles. The van der Waals surface area contributed by atoms with Crippen LogP contribution in [0.25, 0.3) is 0 Å². The monoisotopic (exact) mass is 395 g/mol. The largest absolute Gasteiger partial charge is 0.386 e. The normalized spacial score (nSPS) is 22.2. The van der Waals surface area contributed by atoms with Gasteiger partial charge >= 0.3 is 0 Å². The van der Waals surface area contributed by atoms with Gasteiger partial charge in [0.15, 0.2) is 0 Å². The van der Waals surface area contributed by atoms with E-state index in [4.69, 9.17) is 0 Å². The van der Waals surface area contributed by atoms with Crippen molar-refractivity contribution >= 4 is 11.7 Å². The first-order chi connectivity index (χ1) is 14.0. The lowest BCUT2D eigenvalue weighted by Gasteiger charge is -2.24. The van der Waals surface area contributed by atoms with Crippen molar-refractivity contribution in [2.75, 3.05) is 37.6 Å². The molecule has 0 saturated carbocycles. The Balaban J connectivity index is 1.29. The first-order valence-corrected chi connectivity index (χ1v) is 10.4. The summed E-state index contributed by atoms with van der Waals surface area (Å²) in [5.41, 5.74) is 1.80. The van der Waals surface area contributed by atoms with Gasteiger partial charge in [-0.1, -0.05) is 12.1 Å². The van der Waals surface area contributed by atoms with E-state index in [0.717, 1.165) is 31.1 Å². The van der Waals surface area contributed by atoms with Crippen LogP contribution in [0.2, 0.25) is 0 Å². The lowest BCUT2D eigenvalue weighted by Crippen LogP contribution is -2.45. The van der Waals surface area contributed by atoms with Crippen molar-refractivity contribution in [1.82, 2.24) is 20.2 Å². The number of aryl methyl sites for hydroxylation is 1. The second-order valence-electron chi connectivity index (χ2n) is 8.28. The fourth-order valence-electron chi connectivity index (χ4n) is 4.12. The highest BCUT2D eigenvalue weighted by atomic mass is 16.3. The lowest BCUT2D eigenvalue weighted by molar-refractivity contribution is 0.0575. The van der Waals surface area contributed by atoms with Crippen LogP contribution in [-0.2, 0) is 6.54 Å². The molecule has 0 spiro atoms. The van der Waals surface area contributed by atoms with Crippen LogP contribution in [0.3, 0.4) is 0 Å². The molecule has 0 unspecified atom stereocenters. The van der Waals surface area contributed by atoms with Gasteiger partial charge in [-0.25, -0.2) is 9.97 Å². The molecule has 4 rings (SSSR count). The number of rotatable bonds is 6. The molecule has 154 valence electrons. The van der Waals surface area contributed by atoms with Crippen molar-refractivity contribution in [2.45, 2.75) is 38.3 Å². The molecule has 1 aromatic heterocycles. The Labute approximate surface area is 171 Å². The van der Waals surface area contributed by atoms with Crippen molar-refractivity contribution in [3.8, 4) is 0 Å². The van der Waals surface area contributed by atoms with Gasteiger partial charge in [-0.3, -0.25) is 9.69 Å². The minimum atomic E-state index is -0.954. The predicted molar refractivity (Wildman–Crippen MR) is 112 cm³/mol. The first-order valence-electron chi connectivity index (χ1n) is 10.4. The Hall–Kier alpha value is -2.51. The fourth-order valence-corrected chi connectivity index (χ4v) is 4.12. The van der Waals surface area contributed by atoms with Gasteiger partial charge in [-0.05, 0) is 57.0 Å². The second-order valence-corrected chi connectivity index (χ2v) is 8.28. The van der Waals surface area contributed by atoms with E-state index in [-0.39, 0.29) is 12.5 Å². The molecule has 2 N–H and O–H groups in total. The summed E-state index contributed by atoms with van der Waals surface area (Å²) in [6.45, 7) is 6.55. The summed E-state index contributed by atoms with van der Waals surface area (Å²) in [5.74, 6) is 0.663. The van der Waals surface area contributed by atoms with Crippen LogP contribution in [-0.4, -0.2) is 64.2 Å². The Morgan fingerprint density at radius 3 is 2.66 bits per heavy atom. The van der Waals surface area contributed by atoms with Crippen LogP contribution >= 0.6 is 0 Å². The van der Waals surface area contributed by atoms with Gasteiger partial charge in [0, 0.05) is 43.5 Å². The van der Waals surface area contributed by atoms with Crippen LogP contribution < -0.4 is 10.2 Å². The summed E-state index contributed by atoms with van der Waals surface area (Å²) >= 11 is 0. The van der Waals surface area contributed by atoms with E-state index in [2.05, 4.69) is 20.2 Å². The molecule has 0 bridgehead atoms. The SMILES string of the molecule is Cc1cc(N2CC[C@@](O)(CNC(=O)c3ccc(CN4CCCC4)cc3)C2)ncn1. The lowest BCUT2D eigenvalue weighted by atomic mass is 10.0. The summed E-state index contributed by atoms with van der Waals surface area (Å²) in [5, 5.41) is 13.8. The summed E-state index contributed by atoms with van der Waals surface area (Å²) in [6.07, 6.45) is 4.68. The molecular formula is C22H29N5O2. The van der Waals surface area contributed by atoms with Crippen LogP contribution in [0.5, 0.6) is 0 Å². The predicted octanol–water partition coefficient (Wildman–Crippen LogP) is 1.75. The van der Waals surface area contributed by atoms with Gasteiger partial charge in [-0.2, -0.15) is 0 Å². The Kier molecular flexibility index (Phi) is 5.78. The smallest absolute Gasteiger partial charge is 0.251 e. The number of hydrogen-bond donors (Lipinski definition) is 2. The number of β-amino-alcohol motifs (C(OH)–C–C–N with tert-alkyl or cyclic N) is 1. The number of nitrogens with zero attached hydrogens (tertiary/aromatic N) is 4. The molecule has 29 heavy (non-hydrogen) atoms. The molecule has 2 aliphatic rings. The maximum Gasteiger partial charge on any atom is 0.251 e. The number of aliphatic hydroxyl groups is 1. The average molecular weight is 396 g/mol. The molecule has 1 atom stereocenters. The topological polar surface area (TPSA) is 81.6 Å². The number of nitrogens with one attached hydrogen (secondary N) is 1. The molecule has 2 fully saturated rings. The second kappa shape index (κ2) is 8.47. The molecule has 0 aliphatic carbocycles. The quantitative estimate of drug-likeness (QED) is 0.776. The van der Waals surface area contributed by atoms with Crippen molar-refractivity contribution in [1.29, 1.82) is 0 Å². The number of aromatic nitrogens is 2. The zero-order chi connectivity index (χ0) is 20.3. The van der Waals surface area contributed by atoms with E-state index in [0.29, 0.717) is 25.1 Å². The van der Waals surface area contributed by atoms with E-state index in [9.17, 15) is 9.90 Å². The number of benzene rings is 1. The van der Waals surface area contributed by atoms with Gasteiger partial charge in [0.1, 0.15) is 17.7 Å². The van der Waals surface area contributed by atoms with Gasteiger partial charge in [-0.15, -0.1) is 0 Å². The third kappa shape index (κ3) is 4.92. The maximum absolute atomic E-state index is 12.5. The molecule has 2 aromatic rings. The third-order valence-electron chi connectivity index (χ3n) is 5.84. The maximum atomic E-state index is 12.5. The van der Waals surface area contributed by atoms with E-state index >= 15 is 0 Å². The van der Waals surface area contributed by atoms with Gasteiger partial charge < -0.3 is 15.3 Å². The number of carbonyl (C=O) groups excluding carboxylic acids is 1. The van der Waals surface area contributed by atoms with Crippen LogP contribution in [0.15, 0.2) is 36.7 Å². The Morgan fingerprint density at radius 2 is 1.93 bits per heavy atom. The fraction of sp³-hybridized carbons (Fsp3) is 0.500. The Morgan fingerprint density at radius 1 is 1.17 bits per heavy atom. The van der Waals surface area contributed by atoms with Gasteiger partial charge in [0.05, 0.1) is 0 Å². The van der Waals surface area contributed by atoms with Crippen molar-refractivity contribution in [3.05, 3.63) is 53.5 Å². The van der Waals surface area contributed by atoms with E-state index in [1.165, 1.54) is 24.7 Å². The molecule has 2 aliphatic heterocycles. The summed E-state index contributed by atoms with van der Waals surface area (Å²) in [4.78, 5) is 25.4. The van der Waals surface area contributed by atoms with E-state index < -0.39 is 5.60 Å². The number of amides is 1. The number of anilines is 1. The van der Waals surface area contributed by atoms with Crippen LogP contribution in [0, 0.1) is 6.92 Å². The Bertz CT molecular complexity index is 851. The molecule has 7 heteroatoms. The molecule has 7 nitrogen and oxygen atoms in total. The third-order valence-corrected chi connectivity index (χ3v) is 5.84. The number of hydrogen-bond acceptors (Lipinski definition) is 6. The zero-order valence-corrected chi connectivity index (χ0v) is 17.0. The van der Waals surface area contributed by atoms with Crippen molar-refractivity contribution < 1.29 is 9.90 Å². The van der Waals surface area contributed by atoms with Crippen molar-refractivity contribution in [3.63, 3.8) is 0 Å². The summed E-state index contributed by atoms with van der Waals surface area (Å²) in [7, 11) is 0. The molecular weight excluding hydrogens is 366 g/mol. The van der Waals surface area contributed by atoms with Crippen LogP contribution in [0.4, 0.5) is 5.82 Å². The van der Waals surface area contributed by atoms with Gasteiger partial charge in [0.2, 0.25) is 0 Å². The highest BCUT2D eigenvalue weighted by Gasteiger charge is 2.37. The number of carbonyl (C=O) groups is 1. The standard InChI is InChI=1S/C22H29N5O2/c1-17-12-20(25-16-24-17)27-11-8-22(29,15-27)14-23-21(28)19-6-4-18(5-7-19)13-26-9-2-3-10-26/h4-7,12,16,29H,2-3,8-11,13-15H2,1H3,(H,23,28)/t22-/m1/s1. The first kappa shape index (κ1) is 19.8.